The number of carbonyl (C=O) groups excluding carboxylic acids is 1. The zero-order chi connectivity index (χ0) is 19.1. The lowest BCUT2D eigenvalue weighted by atomic mass is 10.1. The van der Waals surface area contributed by atoms with Crippen molar-refractivity contribution in [3.05, 3.63) is 64.6 Å². The molecule has 1 fully saturated rings. The molecule has 1 saturated heterocycles. The van der Waals surface area contributed by atoms with Crippen LogP contribution in [0.25, 0.3) is 0 Å². The maximum absolute atomic E-state index is 12.0. The maximum atomic E-state index is 12.0. The summed E-state index contributed by atoms with van der Waals surface area (Å²) in [5, 5.41) is 4.17. The Hall–Kier alpha value is -2.89. The molecule has 6 nitrogen and oxygen atoms in total. The smallest absolute Gasteiger partial charge is 0.260 e. The molecule has 0 radical (unpaired) electrons. The van der Waals surface area contributed by atoms with Crippen LogP contribution >= 0.6 is 0 Å². The van der Waals surface area contributed by atoms with Crippen molar-refractivity contribution in [3.8, 4) is 0 Å². The quantitative estimate of drug-likeness (QED) is 0.654. The Morgan fingerprint density at radius 2 is 1.74 bits per heavy atom. The van der Waals surface area contributed by atoms with Crippen LogP contribution in [0.2, 0.25) is 0 Å². The van der Waals surface area contributed by atoms with E-state index < -0.39 is 0 Å². The average molecular weight is 366 g/mol. The highest BCUT2D eigenvalue weighted by molar-refractivity contribution is 5.99. The summed E-state index contributed by atoms with van der Waals surface area (Å²) in [5.74, 6) is -0.330. The molecule has 3 rings (SSSR count). The fourth-order valence-corrected chi connectivity index (χ4v) is 3.23. The van der Waals surface area contributed by atoms with Crippen LogP contribution in [0, 0.1) is 0 Å². The Labute approximate surface area is 159 Å². The monoisotopic (exact) mass is 366 g/mol. The van der Waals surface area contributed by atoms with E-state index in [0.717, 1.165) is 24.4 Å². The van der Waals surface area contributed by atoms with Gasteiger partial charge in [-0.25, -0.2) is 5.43 Å². The first kappa shape index (κ1) is 18.9. The first-order valence-electron chi connectivity index (χ1n) is 9.47. The minimum absolute atomic E-state index is 0.0512. The van der Waals surface area contributed by atoms with E-state index in [9.17, 15) is 9.59 Å². The molecule has 1 aliphatic heterocycles. The Bertz CT molecular complexity index is 847. The van der Waals surface area contributed by atoms with Crippen molar-refractivity contribution < 1.29 is 4.79 Å². The van der Waals surface area contributed by atoms with E-state index >= 15 is 0 Å². The van der Waals surface area contributed by atoms with Crippen molar-refractivity contribution in [3.63, 3.8) is 0 Å². The second kappa shape index (κ2) is 9.16. The molecule has 0 spiro atoms. The largest absolute Gasteiger partial charge is 0.372 e. The normalized spacial score (nSPS) is 15.3. The van der Waals surface area contributed by atoms with E-state index in [1.54, 1.807) is 18.3 Å². The molecule has 2 aromatic rings. The van der Waals surface area contributed by atoms with Gasteiger partial charge in [-0.05, 0) is 43.5 Å². The molecule has 2 heterocycles. The Balaban J connectivity index is 1.59. The van der Waals surface area contributed by atoms with Crippen molar-refractivity contribution >= 4 is 17.3 Å². The molecule has 0 atom stereocenters. The van der Waals surface area contributed by atoms with Gasteiger partial charge in [0, 0.05) is 31.0 Å². The highest BCUT2D eigenvalue weighted by Crippen LogP contribution is 2.20. The van der Waals surface area contributed by atoms with Gasteiger partial charge in [0.1, 0.15) is 6.54 Å². The fraction of sp³-hybridized carbons (Fsp3) is 0.381. The van der Waals surface area contributed by atoms with Crippen LogP contribution in [0.15, 0.2) is 58.6 Å². The molecule has 1 aliphatic rings. The molecule has 1 amide bonds. The summed E-state index contributed by atoms with van der Waals surface area (Å²) in [4.78, 5) is 26.1. The summed E-state index contributed by atoms with van der Waals surface area (Å²) in [6, 6.07) is 13.1. The molecule has 6 heteroatoms. The first-order chi connectivity index (χ1) is 13.1. The molecule has 1 aromatic heterocycles. The van der Waals surface area contributed by atoms with Gasteiger partial charge in [0.25, 0.3) is 11.5 Å². The van der Waals surface area contributed by atoms with Gasteiger partial charge in [0.05, 0.1) is 5.71 Å². The molecule has 1 aromatic carbocycles. The van der Waals surface area contributed by atoms with E-state index in [4.69, 9.17) is 0 Å². The van der Waals surface area contributed by atoms with Crippen molar-refractivity contribution in [2.75, 3.05) is 18.0 Å². The zero-order valence-electron chi connectivity index (χ0n) is 15.7. The standard InChI is InChI=1S/C21H26N4O2/c1-17(22-23-20(26)16-25-15-7-4-8-21(25)27)18-9-11-19(12-10-18)24-13-5-2-3-6-14-24/h4,7-12,15H,2-3,5-6,13-14,16H2,1H3,(H,23,26)/b22-17-. The minimum atomic E-state index is -0.330. The van der Waals surface area contributed by atoms with Gasteiger partial charge in [-0.3, -0.25) is 9.59 Å². The van der Waals surface area contributed by atoms with Gasteiger partial charge in [0.2, 0.25) is 0 Å². The number of pyridine rings is 1. The van der Waals surface area contributed by atoms with Crippen LogP contribution in [0.4, 0.5) is 5.69 Å². The van der Waals surface area contributed by atoms with Crippen molar-refractivity contribution in [1.82, 2.24) is 9.99 Å². The minimum Gasteiger partial charge on any atom is -0.372 e. The zero-order valence-corrected chi connectivity index (χ0v) is 15.7. The third-order valence-electron chi connectivity index (χ3n) is 4.82. The summed E-state index contributed by atoms with van der Waals surface area (Å²) in [6.45, 7) is 4.03. The van der Waals surface area contributed by atoms with Crippen molar-refractivity contribution in [1.29, 1.82) is 0 Å². The number of hydrazone groups is 1. The number of nitrogens with zero attached hydrogens (tertiary/aromatic N) is 3. The fourth-order valence-electron chi connectivity index (χ4n) is 3.23. The predicted molar refractivity (Wildman–Crippen MR) is 108 cm³/mol. The maximum Gasteiger partial charge on any atom is 0.260 e. The topological polar surface area (TPSA) is 66.7 Å². The molecule has 0 aliphatic carbocycles. The van der Waals surface area contributed by atoms with Crippen LogP contribution in [0.1, 0.15) is 38.2 Å². The SMILES string of the molecule is C/C(=N/NC(=O)Cn1ccccc1=O)c1ccc(N2CCCCCC2)cc1. The molecule has 142 valence electrons. The van der Waals surface area contributed by atoms with Crippen LogP contribution in [0.5, 0.6) is 0 Å². The highest BCUT2D eigenvalue weighted by Gasteiger charge is 2.10. The lowest BCUT2D eigenvalue weighted by molar-refractivity contribution is -0.121. The summed E-state index contributed by atoms with van der Waals surface area (Å²) in [5.41, 5.74) is 5.24. The average Bonchev–Trinajstić information content (AvgIpc) is 2.97. The Morgan fingerprint density at radius 1 is 1.04 bits per heavy atom. The van der Waals surface area contributed by atoms with Crippen LogP contribution in [0.3, 0.4) is 0 Å². The first-order valence-corrected chi connectivity index (χ1v) is 9.47. The molecular formula is C21H26N4O2. The number of amides is 1. The third kappa shape index (κ3) is 5.29. The van der Waals surface area contributed by atoms with E-state index in [0.29, 0.717) is 0 Å². The number of anilines is 1. The van der Waals surface area contributed by atoms with E-state index in [2.05, 4.69) is 27.6 Å². The second-order valence-corrected chi connectivity index (χ2v) is 6.85. The van der Waals surface area contributed by atoms with Crippen LogP contribution in [-0.2, 0) is 11.3 Å². The summed E-state index contributed by atoms with van der Waals surface area (Å²) >= 11 is 0. The number of benzene rings is 1. The van der Waals surface area contributed by atoms with E-state index in [-0.39, 0.29) is 18.0 Å². The van der Waals surface area contributed by atoms with Gasteiger partial charge in [-0.1, -0.05) is 31.0 Å². The summed E-state index contributed by atoms with van der Waals surface area (Å²) in [7, 11) is 0. The van der Waals surface area contributed by atoms with Crippen molar-refractivity contribution in [2.45, 2.75) is 39.2 Å². The molecule has 27 heavy (non-hydrogen) atoms. The van der Waals surface area contributed by atoms with Gasteiger partial charge in [-0.15, -0.1) is 0 Å². The van der Waals surface area contributed by atoms with Gasteiger partial charge < -0.3 is 9.47 Å². The van der Waals surface area contributed by atoms with Crippen LogP contribution < -0.4 is 15.9 Å². The predicted octanol–water partition coefficient (Wildman–Crippen LogP) is 2.77. The number of nitrogens with one attached hydrogen (secondary N) is 1. The van der Waals surface area contributed by atoms with Gasteiger partial charge in [-0.2, -0.15) is 5.10 Å². The van der Waals surface area contributed by atoms with Crippen LogP contribution in [-0.4, -0.2) is 29.3 Å². The molecule has 0 saturated carbocycles. The lowest BCUT2D eigenvalue weighted by Gasteiger charge is -2.22. The van der Waals surface area contributed by atoms with E-state index in [1.165, 1.54) is 42.0 Å². The molecule has 0 bridgehead atoms. The number of carbonyl (C=O) groups is 1. The van der Waals surface area contributed by atoms with Crippen molar-refractivity contribution in [2.24, 2.45) is 5.10 Å². The Morgan fingerprint density at radius 3 is 2.41 bits per heavy atom. The number of rotatable bonds is 5. The number of hydrogen-bond acceptors (Lipinski definition) is 4. The van der Waals surface area contributed by atoms with E-state index in [1.807, 2.05) is 19.1 Å². The summed E-state index contributed by atoms with van der Waals surface area (Å²) < 4.78 is 1.34. The number of hydrogen-bond donors (Lipinski definition) is 1. The molecule has 0 unspecified atom stereocenters. The number of aromatic nitrogens is 1. The summed E-state index contributed by atoms with van der Waals surface area (Å²) in [6.07, 6.45) is 6.71. The molecule has 1 N–H and O–H groups in total. The molecular weight excluding hydrogens is 340 g/mol. The van der Waals surface area contributed by atoms with Gasteiger partial charge >= 0.3 is 0 Å². The second-order valence-electron chi connectivity index (χ2n) is 6.85. The lowest BCUT2D eigenvalue weighted by Crippen LogP contribution is -2.29. The Kier molecular flexibility index (Phi) is 6.41. The third-order valence-corrected chi connectivity index (χ3v) is 4.82. The highest BCUT2D eigenvalue weighted by atomic mass is 16.2. The van der Waals surface area contributed by atoms with Gasteiger partial charge in [0.15, 0.2) is 0 Å².